The Morgan fingerprint density at radius 2 is 2.00 bits per heavy atom. The molecule has 0 amide bonds. The van der Waals surface area contributed by atoms with Crippen molar-refractivity contribution < 1.29 is 9.66 Å². The molecule has 0 spiro atoms. The van der Waals surface area contributed by atoms with E-state index in [4.69, 9.17) is 4.74 Å². The molecular formula is C13H11N3O5. The van der Waals surface area contributed by atoms with E-state index in [0.29, 0.717) is 11.3 Å². The summed E-state index contributed by atoms with van der Waals surface area (Å²) in [5.74, 6) is 0.617. The number of H-pyrrole nitrogens is 2. The van der Waals surface area contributed by atoms with Gasteiger partial charge in [0.05, 0.1) is 12.0 Å². The van der Waals surface area contributed by atoms with Crippen LogP contribution in [0.4, 0.5) is 5.69 Å². The van der Waals surface area contributed by atoms with Crippen LogP contribution in [0.1, 0.15) is 11.3 Å². The molecule has 1 aromatic heterocycles. The van der Waals surface area contributed by atoms with Gasteiger partial charge in [-0.25, -0.2) is 4.79 Å². The summed E-state index contributed by atoms with van der Waals surface area (Å²) in [6.45, 7) is 0. The molecular weight excluding hydrogens is 278 g/mol. The second kappa shape index (κ2) is 5.87. The van der Waals surface area contributed by atoms with E-state index < -0.39 is 21.9 Å². The van der Waals surface area contributed by atoms with Crippen LogP contribution < -0.4 is 16.0 Å². The highest BCUT2D eigenvalue weighted by atomic mass is 16.6. The summed E-state index contributed by atoms with van der Waals surface area (Å²) in [5, 5.41) is 10.9. The molecule has 0 bridgehead atoms. The Morgan fingerprint density at radius 1 is 1.24 bits per heavy atom. The average Bonchev–Trinajstić information content (AvgIpc) is 2.44. The number of benzene rings is 1. The first-order chi connectivity index (χ1) is 10.0. The third-order valence-corrected chi connectivity index (χ3v) is 2.66. The van der Waals surface area contributed by atoms with Gasteiger partial charge in [-0.15, -0.1) is 0 Å². The first-order valence-corrected chi connectivity index (χ1v) is 5.84. The zero-order chi connectivity index (χ0) is 15.4. The molecule has 0 radical (unpaired) electrons. The molecule has 21 heavy (non-hydrogen) atoms. The quantitative estimate of drug-likeness (QED) is 0.646. The Bertz CT molecular complexity index is 819. The van der Waals surface area contributed by atoms with Gasteiger partial charge in [0.1, 0.15) is 11.4 Å². The Kier molecular flexibility index (Phi) is 3.98. The minimum atomic E-state index is -1.05. The molecule has 2 N–H and O–H groups in total. The van der Waals surface area contributed by atoms with Gasteiger partial charge in [-0.05, 0) is 23.8 Å². The molecule has 0 aliphatic rings. The van der Waals surface area contributed by atoms with Crippen LogP contribution in [-0.2, 0) is 0 Å². The molecule has 0 fully saturated rings. The van der Waals surface area contributed by atoms with E-state index in [-0.39, 0.29) is 5.69 Å². The van der Waals surface area contributed by atoms with Crippen molar-refractivity contribution in [2.75, 3.05) is 7.11 Å². The molecule has 8 nitrogen and oxygen atoms in total. The van der Waals surface area contributed by atoms with E-state index in [9.17, 15) is 19.7 Å². The first kappa shape index (κ1) is 14.3. The number of rotatable bonds is 4. The number of nitrogens with one attached hydrogen (secondary N) is 2. The molecule has 108 valence electrons. The lowest BCUT2D eigenvalue weighted by Crippen LogP contribution is -2.25. The second-order valence-corrected chi connectivity index (χ2v) is 4.04. The average molecular weight is 289 g/mol. The summed E-state index contributed by atoms with van der Waals surface area (Å²) >= 11 is 0. The van der Waals surface area contributed by atoms with Gasteiger partial charge in [0, 0.05) is 0 Å². The van der Waals surface area contributed by atoms with Gasteiger partial charge in [0.15, 0.2) is 0 Å². The lowest BCUT2D eigenvalue weighted by atomic mass is 10.2. The third-order valence-electron chi connectivity index (χ3n) is 2.66. The van der Waals surface area contributed by atoms with Crippen LogP contribution in [0.25, 0.3) is 12.2 Å². The summed E-state index contributed by atoms with van der Waals surface area (Å²) in [7, 11) is 1.52. The maximum absolute atomic E-state index is 11.4. The predicted octanol–water partition coefficient (Wildman–Crippen LogP) is 1.15. The van der Waals surface area contributed by atoms with E-state index in [1.165, 1.54) is 19.3 Å². The van der Waals surface area contributed by atoms with E-state index in [1.54, 1.807) is 24.3 Å². The van der Waals surface area contributed by atoms with Gasteiger partial charge in [0.25, 0.3) is 0 Å². The Hall–Kier alpha value is -3.16. The van der Waals surface area contributed by atoms with E-state index in [1.807, 2.05) is 4.98 Å². The van der Waals surface area contributed by atoms with Crippen LogP contribution in [0.2, 0.25) is 0 Å². The van der Waals surface area contributed by atoms with Crippen molar-refractivity contribution >= 4 is 17.8 Å². The minimum Gasteiger partial charge on any atom is -0.497 e. The lowest BCUT2D eigenvalue weighted by molar-refractivity contribution is -0.386. The molecule has 0 aliphatic carbocycles. The topological polar surface area (TPSA) is 118 Å². The molecule has 0 aliphatic heterocycles. The molecule has 1 aromatic carbocycles. The lowest BCUT2D eigenvalue weighted by Gasteiger charge is -2.00. The SMILES string of the molecule is COc1cccc(/C=C/c2[nH]c(=O)[nH]c(=O)c2[N+](=O)[O-])c1. The number of nitro groups is 1. The third kappa shape index (κ3) is 3.24. The van der Waals surface area contributed by atoms with Gasteiger partial charge in [0.2, 0.25) is 0 Å². The van der Waals surface area contributed by atoms with Crippen LogP contribution in [0.15, 0.2) is 33.9 Å². The van der Waals surface area contributed by atoms with Gasteiger partial charge in [-0.1, -0.05) is 18.2 Å². The minimum absolute atomic E-state index is 0.170. The van der Waals surface area contributed by atoms with E-state index in [0.717, 1.165) is 0 Å². The van der Waals surface area contributed by atoms with Crippen molar-refractivity contribution in [2.24, 2.45) is 0 Å². The first-order valence-electron chi connectivity index (χ1n) is 5.84. The van der Waals surface area contributed by atoms with Gasteiger partial charge in [-0.2, -0.15) is 0 Å². The van der Waals surface area contributed by atoms with Crippen LogP contribution in [-0.4, -0.2) is 22.0 Å². The fourth-order valence-electron chi connectivity index (χ4n) is 1.72. The normalized spacial score (nSPS) is 10.7. The van der Waals surface area contributed by atoms with E-state index in [2.05, 4.69) is 4.98 Å². The van der Waals surface area contributed by atoms with Gasteiger partial charge in [-0.3, -0.25) is 19.9 Å². The van der Waals surface area contributed by atoms with Crippen molar-refractivity contribution in [1.82, 2.24) is 9.97 Å². The number of aromatic nitrogens is 2. The zero-order valence-corrected chi connectivity index (χ0v) is 11.0. The summed E-state index contributed by atoms with van der Waals surface area (Å²) in [5.41, 5.74) is -2.04. The summed E-state index contributed by atoms with van der Waals surface area (Å²) < 4.78 is 5.05. The fourth-order valence-corrected chi connectivity index (χ4v) is 1.72. The molecule has 0 saturated carbocycles. The Balaban J connectivity index is 2.47. The van der Waals surface area contributed by atoms with Gasteiger partial charge >= 0.3 is 16.9 Å². The number of aromatic amines is 2. The molecule has 1 heterocycles. The zero-order valence-electron chi connectivity index (χ0n) is 11.0. The molecule has 0 atom stereocenters. The Labute approximate surface area is 117 Å². The maximum Gasteiger partial charge on any atom is 0.357 e. The highest BCUT2D eigenvalue weighted by Crippen LogP contribution is 2.16. The second-order valence-electron chi connectivity index (χ2n) is 4.04. The van der Waals surface area contributed by atoms with Crippen LogP contribution in [0.5, 0.6) is 5.75 Å². The summed E-state index contributed by atoms with van der Waals surface area (Å²) in [6, 6.07) is 6.94. The number of hydrogen-bond donors (Lipinski definition) is 2. The largest absolute Gasteiger partial charge is 0.497 e. The van der Waals surface area contributed by atoms with Crippen molar-refractivity contribution in [1.29, 1.82) is 0 Å². The molecule has 0 unspecified atom stereocenters. The van der Waals surface area contributed by atoms with Crippen molar-refractivity contribution in [3.05, 3.63) is 66.5 Å². The Morgan fingerprint density at radius 3 is 2.67 bits per heavy atom. The van der Waals surface area contributed by atoms with Crippen molar-refractivity contribution in [2.45, 2.75) is 0 Å². The standard InChI is InChI=1S/C13H11N3O5/c1-21-9-4-2-3-8(7-9)5-6-10-11(16(19)20)12(17)15-13(18)14-10/h2-7H,1H3,(H2,14,15,17,18)/b6-5+. The summed E-state index contributed by atoms with van der Waals surface area (Å²) in [6.07, 6.45) is 2.82. The van der Waals surface area contributed by atoms with Crippen molar-refractivity contribution in [3.8, 4) is 5.75 Å². The van der Waals surface area contributed by atoms with Crippen molar-refractivity contribution in [3.63, 3.8) is 0 Å². The van der Waals surface area contributed by atoms with Crippen LogP contribution >= 0.6 is 0 Å². The molecule has 8 heteroatoms. The van der Waals surface area contributed by atoms with E-state index >= 15 is 0 Å². The maximum atomic E-state index is 11.4. The number of nitrogens with zero attached hydrogens (tertiary/aromatic N) is 1. The number of methoxy groups -OCH3 is 1. The van der Waals surface area contributed by atoms with Crippen LogP contribution in [0, 0.1) is 10.1 Å². The van der Waals surface area contributed by atoms with Gasteiger partial charge < -0.3 is 9.72 Å². The molecule has 0 saturated heterocycles. The fraction of sp³-hybridized carbons (Fsp3) is 0.0769. The molecule has 2 rings (SSSR count). The monoisotopic (exact) mass is 289 g/mol. The molecule has 2 aromatic rings. The highest BCUT2D eigenvalue weighted by molar-refractivity contribution is 5.72. The predicted molar refractivity (Wildman–Crippen MR) is 76.3 cm³/mol. The number of ether oxygens (including phenoxy) is 1. The highest BCUT2D eigenvalue weighted by Gasteiger charge is 2.18. The van der Waals surface area contributed by atoms with Crippen LogP contribution in [0.3, 0.4) is 0 Å². The smallest absolute Gasteiger partial charge is 0.357 e. The summed E-state index contributed by atoms with van der Waals surface area (Å²) in [4.78, 5) is 36.7. The number of hydrogen-bond acceptors (Lipinski definition) is 5.